The third-order valence-electron chi connectivity index (χ3n) is 2.34. The summed E-state index contributed by atoms with van der Waals surface area (Å²) in [6.07, 6.45) is 4.63. The van der Waals surface area contributed by atoms with Crippen LogP contribution in [-0.4, -0.2) is 27.2 Å². The van der Waals surface area contributed by atoms with E-state index in [4.69, 9.17) is 4.74 Å². The molecule has 94 valence electrons. The van der Waals surface area contributed by atoms with Crippen molar-refractivity contribution in [2.75, 3.05) is 11.9 Å². The number of hydrogen-bond donors (Lipinski definition) is 1. The molecule has 0 atom stereocenters. The number of hydrogen-bond acceptors (Lipinski definition) is 4. The molecule has 0 saturated carbocycles. The molecule has 18 heavy (non-hydrogen) atoms. The van der Waals surface area contributed by atoms with Gasteiger partial charge in [-0.25, -0.2) is 14.8 Å². The van der Waals surface area contributed by atoms with Crippen LogP contribution in [0.15, 0.2) is 30.7 Å². The number of nitrogens with one attached hydrogen (secondary N) is 1. The van der Waals surface area contributed by atoms with Gasteiger partial charge in [-0.1, -0.05) is 0 Å². The standard InChI is InChI=1S/C12H14N4O2/c1-3-18-12(17)15-10-4-5-11(14-8-10)16-7-6-13-9(16)2/h4-8H,3H2,1-2H3,(H,15,17). The highest BCUT2D eigenvalue weighted by molar-refractivity contribution is 5.84. The van der Waals surface area contributed by atoms with Crippen molar-refractivity contribution in [3.05, 3.63) is 36.5 Å². The van der Waals surface area contributed by atoms with Crippen LogP contribution in [0.3, 0.4) is 0 Å². The van der Waals surface area contributed by atoms with Gasteiger partial charge in [-0.3, -0.25) is 9.88 Å². The van der Waals surface area contributed by atoms with Gasteiger partial charge in [0.25, 0.3) is 0 Å². The normalized spacial score (nSPS) is 10.1. The van der Waals surface area contributed by atoms with Gasteiger partial charge in [-0.15, -0.1) is 0 Å². The van der Waals surface area contributed by atoms with Crippen molar-refractivity contribution in [2.45, 2.75) is 13.8 Å². The number of carbonyl (C=O) groups is 1. The third kappa shape index (κ3) is 2.65. The molecule has 0 aliphatic rings. The van der Waals surface area contributed by atoms with Crippen LogP contribution in [0.4, 0.5) is 10.5 Å². The lowest BCUT2D eigenvalue weighted by Gasteiger charge is -2.07. The molecule has 0 aliphatic heterocycles. The minimum absolute atomic E-state index is 0.339. The Morgan fingerprint density at radius 1 is 1.44 bits per heavy atom. The van der Waals surface area contributed by atoms with E-state index < -0.39 is 6.09 Å². The average Bonchev–Trinajstić information content (AvgIpc) is 2.77. The molecule has 0 aliphatic carbocycles. The largest absolute Gasteiger partial charge is 0.450 e. The topological polar surface area (TPSA) is 69.0 Å². The summed E-state index contributed by atoms with van der Waals surface area (Å²) >= 11 is 0. The van der Waals surface area contributed by atoms with Crippen molar-refractivity contribution in [1.82, 2.24) is 14.5 Å². The number of aryl methyl sites for hydroxylation is 1. The Labute approximate surface area is 105 Å². The smallest absolute Gasteiger partial charge is 0.411 e. The predicted molar refractivity (Wildman–Crippen MR) is 66.7 cm³/mol. The maximum Gasteiger partial charge on any atom is 0.411 e. The first-order valence-electron chi connectivity index (χ1n) is 5.61. The van der Waals surface area contributed by atoms with Crippen LogP contribution >= 0.6 is 0 Å². The van der Waals surface area contributed by atoms with Gasteiger partial charge in [0.2, 0.25) is 0 Å². The van der Waals surface area contributed by atoms with Gasteiger partial charge in [-0.2, -0.15) is 0 Å². The number of imidazole rings is 1. The Morgan fingerprint density at radius 3 is 2.83 bits per heavy atom. The lowest BCUT2D eigenvalue weighted by molar-refractivity contribution is 0.168. The van der Waals surface area contributed by atoms with Crippen molar-refractivity contribution in [3.8, 4) is 5.82 Å². The fourth-order valence-electron chi connectivity index (χ4n) is 1.51. The van der Waals surface area contributed by atoms with E-state index in [0.717, 1.165) is 11.6 Å². The molecule has 0 fully saturated rings. The predicted octanol–water partition coefficient (Wildman–Crippen LogP) is 2.14. The number of ether oxygens (including phenoxy) is 1. The first-order chi connectivity index (χ1) is 8.70. The third-order valence-corrected chi connectivity index (χ3v) is 2.34. The van der Waals surface area contributed by atoms with E-state index in [0.29, 0.717) is 12.3 Å². The molecule has 2 aromatic heterocycles. The molecule has 0 saturated heterocycles. The van der Waals surface area contributed by atoms with E-state index in [9.17, 15) is 4.79 Å². The lowest BCUT2D eigenvalue weighted by atomic mass is 10.4. The highest BCUT2D eigenvalue weighted by Crippen LogP contribution is 2.11. The lowest BCUT2D eigenvalue weighted by Crippen LogP contribution is -2.13. The number of carbonyl (C=O) groups excluding carboxylic acids is 1. The molecule has 0 spiro atoms. The first-order valence-corrected chi connectivity index (χ1v) is 5.61. The summed E-state index contributed by atoms with van der Waals surface area (Å²) in [5, 5.41) is 2.58. The Kier molecular flexibility index (Phi) is 3.57. The van der Waals surface area contributed by atoms with E-state index in [-0.39, 0.29) is 0 Å². The maximum absolute atomic E-state index is 11.2. The van der Waals surface area contributed by atoms with E-state index >= 15 is 0 Å². The van der Waals surface area contributed by atoms with Crippen molar-refractivity contribution in [2.24, 2.45) is 0 Å². The van der Waals surface area contributed by atoms with Gasteiger partial charge in [0.15, 0.2) is 0 Å². The van der Waals surface area contributed by atoms with Gasteiger partial charge in [0.05, 0.1) is 18.5 Å². The molecular weight excluding hydrogens is 232 g/mol. The zero-order chi connectivity index (χ0) is 13.0. The van der Waals surface area contributed by atoms with E-state index in [2.05, 4.69) is 15.3 Å². The molecule has 2 rings (SSSR count). The van der Waals surface area contributed by atoms with Crippen LogP contribution in [-0.2, 0) is 4.74 Å². The second-order valence-corrected chi connectivity index (χ2v) is 3.60. The average molecular weight is 246 g/mol. The van der Waals surface area contributed by atoms with Gasteiger partial charge in [0, 0.05) is 12.4 Å². The van der Waals surface area contributed by atoms with Crippen LogP contribution in [0.1, 0.15) is 12.7 Å². The summed E-state index contributed by atoms with van der Waals surface area (Å²) in [4.78, 5) is 19.6. The number of anilines is 1. The SMILES string of the molecule is CCOC(=O)Nc1ccc(-n2ccnc2C)nc1. The molecule has 0 bridgehead atoms. The highest BCUT2D eigenvalue weighted by atomic mass is 16.5. The monoisotopic (exact) mass is 246 g/mol. The summed E-state index contributed by atoms with van der Waals surface area (Å²) in [6, 6.07) is 3.56. The molecule has 2 heterocycles. The molecule has 0 radical (unpaired) electrons. The molecule has 0 aromatic carbocycles. The van der Waals surface area contributed by atoms with Gasteiger partial charge in [0.1, 0.15) is 11.6 Å². The van der Waals surface area contributed by atoms with E-state index in [1.54, 1.807) is 31.5 Å². The number of rotatable bonds is 3. The number of pyridine rings is 1. The van der Waals surface area contributed by atoms with Crippen molar-refractivity contribution in [3.63, 3.8) is 0 Å². The second kappa shape index (κ2) is 5.31. The quantitative estimate of drug-likeness (QED) is 0.900. The summed E-state index contributed by atoms with van der Waals surface area (Å²) in [5.41, 5.74) is 0.593. The molecule has 6 nitrogen and oxygen atoms in total. The Balaban J connectivity index is 2.11. The number of nitrogens with zero attached hydrogens (tertiary/aromatic N) is 3. The van der Waals surface area contributed by atoms with Gasteiger partial charge in [-0.05, 0) is 26.0 Å². The molecule has 2 aromatic rings. The Morgan fingerprint density at radius 2 is 2.28 bits per heavy atom. The minimum atomic E-state index is -0.481. The summed E-state index contributed by atoms with van der Waals surface area (Å²) in [7, 11) is 0. The number of aromatic nitrogens is 3. The van der Waals surface area contributed by atoms with Crippen LogP contribution in [0.2, 0.25) is 0 Å². The van der Waals surface area contributed by atoms with Crippen molar-refractivity contribution < 1.29 is 9.53 Å². The number of amides is 1. The Hall–Kier alpha value is -2.37. The highest BCUT2D eigenvalue weighted by Gasteiger charge is 2.04. The van der Waals surface area contributed by atoms with Gasteiger partial charge < -0.3 is 4.74 Å². The molecule has 0 unspecified atom stereocenters. The van der Waals surface area contributed by atoms with Crippen molar-refractivity contribution >= 4 is 11.8 Å². The van der Waals surface area contributed by atoms with Gasteiger partial charge >= 0.3 is 6.09 Å². The summed E-state index contributed by atoms with van der Waals surface area (Å²) in [6.45, 7) is 3.99. The summed E-state index contributed by atoms with van der Waals surface area (Å²) < 4.78 is 6.63. The fourth-order valence-corrected chi connectivity index (χ4v) is 1.51. The van der Waals surface area contributed by atoms with Crippen LogP contribution in [0, 0.1) is 6.92 Å². The minimum Gasteiger partial charge on any atom is -0.450 e. The zero-order valence-corrected chi connectivity index (χ0v) is 10.3. The van der Waals surface area contributed by atoms with Crippen molar-refractivity contribution in [1.29, 1.82) is 0 Å². The molecule has 6 heteroatoms. The zero-order valence-electron chi connectivity index (χ0n) is 10.3. The molecule has 1 amide bonds. The maximum atomic E-state index is 11.2. The Bertz CT molecular complexity index is 533. The fraction of sp³-hybridized carbons (Fsp3) is 0.250. The van der Waals surface area contributed by atoms with E-state index in [1.807, 2.05) is 17.7 Å². The second-order valence-electron chi connectivity index (χ2n) is 3.60. The first kappa shape index (κ1) is 12.1. The molecular formula is C12H14N4O2. The summed E-state index contributed by atoms with van der Waals surface area (Å²) in [5.74, 6) is 1.60. The van der Waals surface area contributed by atoms with Crippen LogP contribution in [0.5, 0.6) is 0 Å². The van der Waals surface area contributed by atoms with E-state index in [1.165, 1.54) is 0 Å². The van der Waals surface area contributed by atoms with Crippen LogP contribution in [0.25, 0.3) is 5.82 Å². The molecule has 1 N–H and O–H groups in total. The van der Waals surface area contributed by atoms with Crippen LogP contribution < -0.4 is 5.32 Å².